The van der Waals surface area contributed by atoms with E-state index in [9.17, 15) is 19.7 Å². The van der Waals surface area contributed by atoms with Gasteiger partial charge in [0.25, 0.3) is 17.5 Å². The van der Waals surface area contributed by atoms with Crippen molar-refractivity contribution in [2.24, 2.45) is 5.73 Å². The number of nitro benzene ring substituents is 1. The predicted molar refractivity (Wildman–Crippen MR) is 115 cm³/mol. The topological polar surface area (TPSA) is 133 Å². The molecule has 0 atom stereocenters. The number of nitrogens with two attached hydrogens (primary N) is 1. The normalized spacial score (nSPS) is 10.7. The molecule has 0 saturated heterocycles. The number of hydrogen-bond acceptors (Lipinski definition) is 5. The Bertz CT molecular complexity index is 1330. The Hall–Kier alpha value is -4.53. The number of fused-ring (bicyclic) bond motifs is 1. The van der Waals surface area contributed by atoms with Gasteiger partial charge in [-0.3, -0.25) is 24.4 Å². The minimum Gasteiger partial charge on any atom is -0.364 e. The van der Waals surface area contributed by atoms with Gasteiger partial charge in [0.15, 0.2) is 5.69 Å². The van der Waals surface area contributed by atoms with Crippen LogP contribution in [0.25, 0.3) is 10.9 Å². The van der Waals surface area contributed by atoms with Crippen LogP contribution in [0, 0.1) is 10.1 Å². The first-order valence-electron chi connectivity index (χ1n) is 9.33. The lowest BCUT2D eigenvalue weighted by atomic mass is 10.1. The molecule has 0 aliphatic carbocycles. The Kier molecular flexibility index (Phi) is 5.15. The fourth-order valence-corrected chi connectivity index (χ4v) is 3.37. The number of para-hydroxylation sites is 2. The molecule has 0 unspecified atom stereocenters. The highest BCUT2D eigenvalue weighted by Crippen LogP contribution is 2.22. The van der Waals surface area contributed by atoms with Crippen molar-refractivity contribution < 1.29 is 14.5 Å². The molecule has 2 amide bonds. The van der Waals surface area contributed by atoms with Gasteiger partial charge in [0.1, 0.15) is 5.56 Å². The van der Waals surface area contributed by atoms with Crippen molar-refractivity contribution in [2.75, 3.05) is 5.32 Å². The third-order valence-corrected chi connectivity index (χ3v) is 4.75. The van der Waals surface area contributed by atoms with E-state index in [1.165, 1.54) is 18.2 Å². The average molecular weight is 415 g/mol. The van der Waals surface area contributed by atoms with Gasteiger partial charge in [0.05, 0.1) is 17.0 Å². The largest absolute Gasteiger partial charge is 0.364 e. The summed E-state index contributed by atoms with van der Waals surface area (Å²) in [5.41, 5.74) is 7.39. The Morgan fingerprint density at radius 2 is 1.77 bits per heavy atom. The lowest BCUT2D eigenvalue weighted by Crippen LogP contribution is -2.14. The number of nitro groups is 1. The number of anilines is 1. The molecule has 154 valence electrons. The molecule has 0 spiro atoms. The second-order valence-electron chi connectivity index (χ2n) is 6.82. The smallest absolute Gasteiger partial charge is 0.282 e. The summed E-state index contributed by atoms with van der Waals surface area (Å²) in [6, 6.07) is 20.1. The zero-order valence-corrected chi connectivity index (χ0v) is 16.2. The van der Waals surface area contributed by atoms with E-state index in [0.29, 0.717) is 17.6 Å². The van der Waals surface area contributed by atoms with Crippen LogP contribution in [0.2, 0.25) is 0 Å². The molecule has 3 aromatic carbocycles. The van der Waals surface area contributed by atoms with E-state index < -0.39 is 16.7 Å². The van der Waals surface area contributed by atoms with E-state index in [4.69, 9.17) is 5.73 Å². The van der Waals surface area contributed by atoms with Crippen LogP contribution in [0.15, 0.2) is 72.8 Å². The van der Waals surface area contributed by atoms with Gasteiger partial charge in [0, 0.05) is 17.1 Å². The number of nitrogens with zero attached hydrogens (tertiary/aromatic N) is 3. The van der Waals surface area contributed by atoms with Gasteiger partial charge in [-0.05, 0) is 29.8 Å². The van der Waals surface area contributed by atoms with E-state index in [2.05, 4.69) is 10.4 Å². The van der Waals surface area contributed by atoms with Gasteiger partial charge >= 0.3 is 0 Å². The summed E-state index contributed by atoms with van der Waals surface area (Å²) in [7, 11) is 0. The minimum atomic E-state index is -0.611. The van der Waals surface area contributed by atoms with Crippen LogP contribution in [0.4, 0.5) is 11.4 Å². The monoisotopic (exact) mass is 415 g/mol. The van der Waals surface area contributed by atoms with Crippen LogP contribution < -0.4 is 11.1 Å². The molecule has 0 radical (unpaired) electrons. The molecule has 4 aromatic rings. The van der Waals surface area contributed by atoms with Crippen molar-refractivity contribution in [3.63, 3.8) is 0 Å². The summed E-state index contributed by atoms with van der Waals surface area (Å²) in [6.45, 7) is 0.336. The lowest BCUT2D eigenvalue weighted by Gasteiger charge is -2.09. The number of rotatable bonds is 6. The number of benzene rings is 3. The van der Waals surface area contributed by atoms with E-state index in [0.717, 1.165) is 11.1 Å². The number of amides is 2. The fourth-order valence-electron chi connectivity index (χ4n) is 3.37. The third-order valence-electron chi connectivity index (χ3n) is 4.75. The Labute approximate surface area is 176 Å². The highest BCUT2D eigenvalue weighted by atomic mass is 16.6. The van der Waals surface area contributed by atoms with Crippen molar-refractivity contribution in [2.45, 2.75) is 6.54 Å². The van der Waals surface area contributed by atoms with Crippen molar-refractivity contribution in [1.29, 1.82) is 0 Å². The van der Waals surface area contributed by atoms with Crippen LogP contribution in [-0.4, -0.2) is 26.5 Å². The molecule has 0 fully saturated rings. The number of primary amides is 1. The first kappa shape index (κ1) is 19.8. The molecule has 4 rings (SSSR count). The van der Waals surface area contributed by atoms with Crippen LogP contribution in [0.1, 0.15) is 26.4 Å². The summed E-state index contributed by atoms with van der Waals surface area (Å²) < 4.78 is 1.67. The zero-order chi connectivity index (χ0) is 22.0. The molecule has 31 heavy (non-hydrogen) atoms. The first-order chi connectivity index (χ1) is 14.9. The molecule has 1 heterocycles. The van der Waals surface area contributed by atoms with Crippen LogP contribution in [0.3, 0.4) is 0 Å². The van der Waals surface area contributed by atoms with Gasteiger partial charge in [-0.1, -0.05) is 42.5 Å². The summed E-state index contributed by atoms with van der Waals surface area (Å²) in [4.78, 5) is 34.9. The average Bonchev–Trinajstić information content (AvgIpc) is 3.13. The zero-order valence-electron chi connectivity index (χ0n) is 16.2. The van der Waals surface area contributed by atoms with Crippen LogP contribution in [0.5, 0.6) is 0 Å². The maximum absolute atomic E-state index is 12.6. The van der Waals surface area contributed by atoms with Gasteiger partial charge in [-0.25, -0.2) is 0 Å². The van der Waals surface area contributed by atoms with Gasteiger partial charge in [0.2, 0.25) is 0 Å². The van der Waals surface area contributed by atoms with E-state index in [1.54, 1.807) is 41.1 Å². The lowest BCUT2D eigenvalue weighted by molar-refractivity contribution is -0.385. The molecule has 9 heteroatoms. The first-order valence-corrected chi connectivity index (χ1v) is 9.33. The predicted octanol–water partition coefficient (Wildman–Crippen LogP) is 3.34. The second kappa shape index (κ2) is 8.07. The fraction of sp³-hybridized carbons (Fsp3) is 0.0455. The van der Waals surface area contributed by atoms with Crippen molar-refractivity contribution in [1.82, 2.24) is 9.78 Å². The van der Waals surface area contributed by atoms with Gasteiger partial charge in [-0.15, -0.1) is 0 Å². The second-order valence-corrected chi connectivity index (χ2v) is 6.82. The number of aromatic nitrogens is 2. The van der Waals surface area contributed by atoms with E-state index in [-0.39, 0.29) is 16.9 Å². The van der Waals surface area contributed by atoms with Crippen LogP contribution >= 0.6 is 0 Å². The quantitative estimate of drug-likeness (QED) is 0.368. The van der Waals surface area contributed by atoms with Gasteiger partial charge < -0.3 is 11.1 Å². The van der Waals surface area contributed by atoms with Crippen LogP contribution in [-0.2, 0) is 6.54 Å². The number of nitrogens with one attached hydrogen (secondary N) is 1. The van der Waals surface area contributed by atoms with Crippen molar-refractivity contribution >= 4 is 34.1 Å². The van der Waals surface area contributed by atoms with Crippen molar-refractivity contribution in [3.05, 3.63) is 99.7 Å². The third kappa shape index (κ3) is 3.97. The number of hydrogen-bond donors (Lipinski definition) is 2. The molecule has 0 saturated carbocycles. The van der Waals surface area contributed by atoms with Crippen molar-refractivity contribution in [3.8, 4) is 0 Å². The summed E-state index contributed by atoms with van der Waals surface area (Å²) in [5, 5.41) is 18.9. The maximum Gasteiger partial charge on any atom is 0.282 e. The number of carbonyl (C=O) groups excluding carboxylic acids is 2. The molecule has 0 bridgehead atoms. The molecule has 3 N–H and O–H groups in total. The summed E-state index contributed by atoms with van der Waals surface area (Å²) in [6.07, 6.45) is 0. The standard InChI is InChI=1S/C22H17N5O4/c23-21(28)20-16-8-1-3-10-18(16)26(25-20)13-14-6-5-7-15(12-14)24-22(29)17-9-2-4-11-19(17)27(30)31/h1-12H,13H2,(H2,23,28)(H,24,29). The van der Waals surface area contributed by atoms with E-state index in [1.807, 2.05) is 18.2 Å². The summed E-state index contributed by atoms with van der Waals surface area (Å²) in [5.74, 6) is -1.19. The Morgan fingerprint density at radius 3 is 2.55 bits per heavy atom. The number of carbonyl (C=O) groups is 2. The van der Waals surface area contributed by atoms with E-state index >= 15 is 0 Å². The molecule has 9 nitrogen and oxygen atoms in total. The van der Waals surface area contributed by atoms with Gasteiger partial charge in [-0.2, -0.15) is 5.10 Å². The Morgan fingerprint density at radius 1 is 1.03 bits per heavy atom. The Balaban J connectivity index is 1.60. The highest BCUT2D eigenvalue weighted by molar-refractivity contribution is 6.07. The molecule has 1 aromatic heterocycles. The highest BCUT2D eigenvalue weighted by Gasteiger charge is 2.19. The molecule has 0 aliphatic rings. The maximum atomic E-state index is 12.6. The molecule has 0 aliphatic heterocycles. The molecular formula is C22H17N5O4. The SMILES string of the molecule is NC(=O)c1nn(Cc2cccc(NC(=O)c3ccccc3[N+](=O)[O-])c2)c2ccccc12. The minimum absolute atomic E-state index is 0.0259. The summed E-state index contributed by atoms with van der Waals surface area (Å²) >= 11 is 0. The molecular weight excluding hydrogens is 398 g/mol.